The van der Waals surface area contributed by atoms with E-state index < -0.39 is 0 Å². The molecule has 20 heavy (non-hydrogen) atoms. The molecular formula is C14H15N5S. The Morgan fingerprint density at radius 2 is 2.30 bits per heavy atom. The molecule has 0 fully saturated rings. The molecule has 0 aliphatic carbocycles. The van der Waals surface area contributed by atoms with Gasteiger partial charge in [0.15, 0.2) is 0 Å². The predicted molar refractivity (Wildman–Crippen MR) is 82.8 cm³/mol. The van der Waals surface area contributed by atoms with Crippen LogP contribution in [0.2, 0.25) is 0 Å². The second-order valence-electron chi connectivity index (χ2n) is 4.57. The van der Waals surface area contributed by atoms with Gasteiger partial charge in [0.1, 0.15) is 5.82 Å². The highest BCUT2D eigenvalue weighted by Gasteiger charge is 2.05. The van der Waals surface area contributed by atoms with Crippen LogP contribution in [0.5, 0.6) is 0 Å². The van der Waals surface area contributed by atoms with E-state index >= 15 is 0 Å². The topological polar surface area (TPSA) is 61.8 Å². The van der Waals surface area contributed by atoms with Crippen LogP contribution in [0.3, 0.4) is 0 Å². The fourth-order valence-corrected chi connectivity index (χ4v) is 2.49. The standard InChI is InChI=1S/C14H15N5S/c1-3-10-5-4-6-12-11(7-15-13(10)12)8-16-19-9(2)17-18-14(19)20/h4-8,15H,3H2,1-2H3,(H,18,20)/b16-8+. The van der Waals surface area contributed by atoms with E-state index in [9.17, 15) is 0 Å². The summed E-state index contributed by atoms with van der Waals surface area (Å²) in [7, 11) is 0. The van der Waals surface area contributed by atoms with Crippen molar-refractivity contribution in [1.29, 1.82) is 0 Å². The first-order chi connectivity index (χ1) is 9.70. The van der Waals surface area contributed by atoms with Gasteiger partial charge in [0.05, 0.1) is 6.21 Å². The van der Waals surface area contributed by atoms with Crippen molar-refractivity contribution in [1.82, 2.24) is 19.9 Å². The third kappa shape index (κ3) is 2.08. The van der Waals surface area contributed by atoms with Crippen LogP contribution in [0.25, 0.3) is 10.9 Å². The zero-order valence-electron chi connectivity index (χ0n) is 11.3. The van der Waals surface area contributed by atoms with Gasteiger partial charge < -0.3 is 4.98 Å². The largest absolute Gasteiger partial charge is 0.360 e. The zero-order valence-corrected chi connectivity index (χ0v) is 12.2. The lowest BCUT2D eigenvalue weighted by molar-refractivity contribution is 0.821. The lowest BCUT2D eigenvalue weighted by Crippen LogP contribution is -1.93. The maximum Gasteiger partial charge on any atom is 0.216 e. The Morgan fingerprint density at radius 3 is 3.00 bits per heavy atom. The molecule has 0 atom stereocenters. The Kier molecular flexibility index (Phi) is 3.23. The number of aromatic nitrogens is 4. The molecule has 2 heterocycles. The highest BCUT2D eigenvalue weighted by molar-refractivity contribution is 7.71. The Labute approximate surface area is 121 Å². The van der Waals surface area contributed by atoms with Crippen LogP contribution in [0.4, 0.5) is 0 Å². The van der Waals surface area contributed by atoms with Crippen molar-refractivity contribution in [2.75, 3.05) is 0 Å². The van der Waals surface area contributed by atoms with E-state index in [4.69, 9.17) is 12.2 Å². The van der Waals surface area contributed by atoms with Gasteiger partial charge in [0, 0.05) is 22.7 Å². The van der Waals surface area contributed by atoms with E-state index in [2.05, 4.69) is 45.4 Å². The number of nitrogens with zero attached hydrogens (tertiary/aromatic N) is 3. The summed E-state index contributed by atoms with van der Waals surface area (Å²) in [5, 5.41) is 12.3. The molecule has 0 bridgehead atoms. The van der Waals surface area contributed by atoms with Crippen LogP contribution >= 0.6 is 12.2 Å². The molecule has 0 aliphatic rings. The van der Waals surface area contributed by atoms with Crippen LogP contribution in [-0.2, 0) is 6.42 Å². The van der Waals surface area contributed by atoms with E-state index in [1.807, 2.05) is 13.1 Å². The van der Waals surface area contributed by atoms with Gasteiger partial charge in [-0.1, -0.05) is 25.1 Å². The SMILES string of the molecule is CCc1cccc2c(/C=N/n3c(C)n[nH]c3=S)c[nH]c12. The Bertz CT molecular complexity index is 837. The molecule has 6 heteroatoms. The second-order valence-corrected chi connectivity index (χ2v) is 4.96. The number of benzene rings is 1. The summed E-state index contributed by atoms with van der Waals surface area (Å²) in [6.45, 7) is 4.01. The van der Waals surface area contributed by atoms with Crippen molar-refractivity contribution < 1.29 is 0 Å². The van der Waals surface area contributed by atoms with E-state index in [0.29, 0.717) is 4.77 Å². The maximum atomic E-state index is 5.13. The first-order valence-electron chi connectivity index (χ1n) is 6.48. The lowest BCUT2D eigenvalue weighted by Gasteiger charge is -1.99. The van der Waals surface area contributed by atoms with Gasteiger partial charge in [-0.25, -0.2) is 0 Å². The highest BCUT2D eigenvalue weighted by Crippen LogP contribution is 2.21. The molecule has 2 N–H and O–H groups in total. The third-order valence-electron chi connectivity index (χ3n) is 3.34. The highest BCUT2D eigenvalue weighted by atomic mass is 32.1. The van der Waals surface area contributed by atoms with Crippen LogP contribution < -0.4 is 0 Å². The average Bonchev–Trinajstić information content (AvgIpc) is 3.01. The van der Waals surface area contributed by atoms with Crippen molar-refractivity contribution in [3.05, 3.63) is 46.1 Å². The molecule has 0 unspecified atom stereocenters. The maximum absolute atomic E-state index is 5.13. The number of aromatic amines is 2. The van der Waals surface area contributed by atoms with Crippen LogP contribution in [0.15, 0.2) is 29.5 Å². The number of H-pyrrole nitrogens is 2. The molecular weight excluding hydrogens is 270 g/mol. The second kappa shape index (κ2) is 5.05. The Hall–Kier alpha value is -2.21. The zero-order chi connectivity index (χ0) is 14.1. The Morgan fingerprint density at radius 1 is 1.45 bits per heavy atom. The van der Waals surface area contributed by atoms with E-state index in [0.717, 1.165) is 17.8 Å². The van der Waals surface area contributed by atoms with Gasteiger partial charge >= 0.3 is 0 Å². The number of rotatable bonds is 3. The van der Waals surface area contributed by atoms with Gasteiger partial charge in [-0.3, -0.25) is 5.10 Å². The van der Waals surface area contributed by atoms with Gasteiger partial charge in [0.2, 0.25) is 4.77 Å². The van der Waals surface area contributed by atoms with Crippen molar-refractivity contribution in [2.45, 2.75) is 20.3 Å². The van der Waals surface area contributed by atoms with Gasteiger partial charge in [-0.2, -0.15) is 14.9 Å². The molecule has 3 aromatic rings. The first kappa shape index (κ1) is 12.8. The molecule has 0 spiro atoms. The number of para-hydroxylation sites is 1. The fraction of sp³-hybridized carbons (Fsp3) is 0.214. The van der Waals surface area contributed by atoms with Gasteiger partial charge in [-0.05, 0) is 31.1 Å². The lowest BCUT2D eigenvalue weighted by atomic mass is 10.1. The number of aryl methyl sites for hydroxylation is 2. The molecule has 0 radical (unpaired) electrons. The summed E-state index contributed by atoms with van der Waals surface area (Å²) < 4.78 is 2.10. The molecule has 102 valence electrons. The van der Waals surface area contributed by atoms with E-state index in [1.54, 1.807) is 10.9 Å². The molecule has 0 aliphatic heterocycles. The van der Waals surface area contributed by atoms with Crippen LogP contribution in [0.1, 0.15) is 23.9 Å². The number of nitrogens with one attached hydrogen (secondary N) is 2. The first-order valence-corrected chi connectivity index (χ1v) is 6.89. The fourth-order valence-electron chi connectivity index (χ4n) is 2.27. The van der Waals surface area contributed by atoms with Crippen molar-refractivity contribution in [2.24, 2.45) is 5.10 Å². The smallest absolute Gasteiger partial charge is 0.216 e. The molecule has 5 nitrogen and oxygen atoms in total. The average molecular weight is 285 g/mol. The summed E-state index contributed by atoms with van der Waals surface area (Å²) in [6.07, 6.45) is 4.77. The summed E-state index contributed by atoms with van der Waals surface area (Å²) in [5.41, 5.74) is 3.51. The van der Waals surface area contributed by atoms with E-state index in [-0.39, 0.29) is 0 Å². The number of fused-ring (bicyclic) bond motifs is 1. The van der Waals surface area contributed by atoms with Crippen molar-refractivity contribution >= 4 is 29.3 Å². The quantitative estimate of drug-likeness (QED) is 0.573. The summed E-state index contributed by atoms with van der Waals surface area (Å²) >= 11 is 5.13. The number of hydrogen-bond acceptors (Lipinski definition) is 3. The van der Waals surface area contributed by atoms with Crippen molar-refractivity contribution in [3.8, 4) is 0 Å². The molecule has 0 saturated heterocycles. The molecule has 0 amide bonds. The summed E-state index contributed by atoms with van der Waals surface area (Å²) in [4.78, 5) is 3.32. The monoisotopic (exact) mass is 285 g/mol. The minimum atomic E-state index is 0.493. The van der Waals surface area contributed by atoms with Crippen LogP contribution in [0, 0.1) is 11.7 Å². The minimum Gasteiger partial charge on any atom is -0.360 e. The predicted octanol–water partition coefficient (Wildman–Crippen LogP) is 3.18. The van der Waals surface area contributed by atoms with Gasteiger partial charge in [0.25, 0.3) is 0 Å². The minimum absolute atomic E-state index is 0.493. The van der Waals surface area contributed by atoms with Crippen molar-refractivity contribution in [3.63, 3.8) is 0 Å². The Balaban J connectivity index is 2.06. The summed E-state index contributed by atoms with van der Waals surface area (Å²) in [6, 6.07) is 6.30. The van der Waals surface area contributed by atoms with Crippen LogP contribution in [-0.4, -0.2) is 26.1 Å². The number of hydrogen-bond donors (Lipinski definition) is 2. The third-order valence-corrected chi connectivity index (χ3v) is 3.60. The van der Waals surface area contributed by atoms with Gasteiger partial charge in [-0.15, -0.1) is 0 Å². The summed E-state index contributed by atoms with van der Waals surface area (Å²) in [5.74, 6) is 0.736. The van der Waals surface area contributed by atoms with E-state index in [1.165, 1.54) is 16.5 Å². The molecule has 1 aromatic carbocycles. The molecule has 3 rings (SSSR count). The molecule has 2 aromatic heterocycles. The molecule has 0 saturated carbocycles. The normalized spacial score (nSPS) is 11.7.